The Hall–Kier alpha value is -4.04. The van der Waals surface area contributed by atoms with E-state index in [1.165, 1.54) is 22.9 Å². The second kappa shape index (κ2) is 9.44. The maximum atomic E-state index is 13.3. The third-order valence-electron chi connectivity index (χ3n) is 6.67. The van der Waals surface area contributed by atoms with Crippen molar-refractivity contribution in [3.8, 4) is 11.1 Å². The summed E-state index contributed by atoms with van der Waals surface area (Å²) in [6.07, 6.45) is 5.40. The smallest absolute Gasteiger partial charge is 0.258 e. The summed E-state index contributed by atoms with van der Waals surface area (Å²) in [6, 6.07) is 17.5. The summed E-state index contributed by atoms with van der Waals surface area (Å²) in [5, 5.41) is 3.94. The van der Waals surface area contributed by atoms with Gasteiger partial charge < -0.3 is 9.88 Å². The molecule has 1 aromatic heterocycles. The Kier molecular flexibility index (Phi) is 6.29. The van der Waals surface area contributed by atoms with Crippen molar-refractivity contribution in [1.29, 1.82) is 0 Å². The molecule has 1 heterocycles. The normalized spacial score (nSPS) is 13.5. The molecular weight excluding hydrogens is 488 g/mol. The SMILES string of the molecule is Cc1ccc(C(=O)NC2CC2)cc1-c1ccc2c(=O)n(Cc3ccc(S(C)(=O)=O)cc3)cc(C=O)c2c1. The summed E-state index contributed by atoms with van der Waals surface area (Å²) in [5.41, 5.74) is 4.05. The average molecular weight is 515 g/mol. The first-order chi connectivity index (χ1) is 17.6. The van der Waals surface area contributed by atoms with Crippen molar-refractivity contribution in [3.05, 3.63) is 99.5 Å². The molecule has 3 aromatic carbocycles. The van der Waals surface area contributed by atoms with E-state index in [1.807, 2.05) is 31.2 Å². The number of sulfone groups is 1. The van der Waals surface area contributed by atoms with E-state index in [0.717, 1.165) is 47.6 Å². The molecule has 0 bridgehead atoms. The zero-order valence-corrected chi connectivity index (χ0v) is 21.3. The zero-order chi connectivity index (χ0) is 26.3. The van der Waals surface area contributed by atoms with E-state index in [0.29, 0.717) is 21.9 Å². The molecule has 0 spiro atoms. The highest BCUT2D eigenvalue weighted by molar-refractivity contribution is 7.90. The number of nitrogens with zero attached hydrogens (tertiary/aromatic N) is 1. The van der Waals surface area contributed by atoms with Crippen molar-refractivity contribution >= 4 is 32.8 Å². The second-order valence-electron chi connectivity index (χ2n) is 9.59. The predicted molar refractivity (Wildman–Crippen MR) is 143 cm³/mol. The number of rotatable bonds is 7. The van der Waals surface area contributed by atoms with Gasteiger partial charge in [-0.05, 0) is 83.8 Å². The Labute approximate surface area is 214 Å². The van der Waals surface area contributed by atoms with Crippen LogP contribution >= 0.6 is 0 Å². The van der Waals surface area contributed by atoms with Gasteiger partial charge in [-0.1, -0.05) is 24.3 Å². The highest BCUT2D eigenvalue weighted by Gasteiger charge is 2.24. The molecule has 37 heavy (non-hydrogen) atoms. The average Bonchev–Trinajstić information content (AvgIpc) is 3.69. The summed E-state index contributed by atoms with van der Waals surface area (Å²) in [4.78, 5) is 38.1. The van der Waals surface area contributed by atoms with E-state index in [1.54, 1.807) is 24.3 Å². The molecule has 4 aromatic rings. The summed E-state index contributed by atoms with van der Waals surface area (Å²) in [5.74, 6) is -0.106. The minimum absolute atomic E-state index is 0.106. The fourth-order valence-corrected chi connectivity index (χ4v) is 5.04. The number of benzene rings is 3. The lowest BCUT2D eigenvalue weighted by Gasteiger charge is -2.13. The van der Waals surface area contributed by atoms with Gasteiger partial charge in [-0.3, -0.25) is 14.4 Å². The molecule has 1 aliphatic rings. The van der Waals surface area contributed by atoms with Crippen LogP contribution < -0.4 is 10.9 Å². The van der Waals surface area contributed by atoms with Crippen molar-refractivity contribution in [2.75, 3.05) is 6.26 Å². The monoisotopic (exact) mass is 514 g/mol. The lowest BCUT2D eigenvalue weighted by molar-refractivity contribution is 0.0950. The van der Waals surface area contributed by atoms with Crippen LogP contribution in [0.2, 0.25) is 0 Å². The molecule has 1 aliphatic carbocycles. The number of hydrogen-bond acceptors (Lipinski definition) is 5. The van der Waals surface area contributed by atoms with E-state index >= 15 is 0 Å². The van der Waals surface area contributed by atoms with Crippen molar-refractivity contribution < 1.29 is 18.0 Å². The molecule has 0 radical (unpaired) electrons. The first-order valence-electron chi connectivity index (χ1n) is 12.0. The Morgan fingerprint density at radius 1 is 1.03 bits per heavy atom. The van der Waals surface area contributed by atoms with E-state index < -0.39 is 9.84 Å². The van der Waals surface area contributed by atoms with Crippen LogP contribution in [0.15, 0.2) is 76.6 Å². The first-order valence-corrected chi connectivity index (χ1v) is 13.9. The van der Waals surface area contributed by atoms with Crippen LogP contribution in [0.1, 0.15) is 44.7 Å². The van der Waals surface area contributed by atoms with Gasteiger partial charge in [-0.25, -0.2) is 8.42 Å². The molecule has 7 nitrogen and oxygen atoms in total. The molecule has 0 saturated heterocycles. The number of hydrogen-bond donors (Lipinski definition) is 1. The molecular formula is C29H26N2O5S. The molecule has 1 amide bonds. The predicted octanol–water partition coefficient (Wildman–Crippen LogP) is 4.13. The Morgan fingerprint density at radius 2 is 1.76 bits per heavy atom. The maximum absolute atomic E-state index is 13.3. The number of fused-ring (bicyclic) bond motifs is 1. The molecule has 1 saturated carbocycles. The molecule has 188 valence electrons. The number of aryl methyl sites for hydroxylation is 1. The summed E-state index contributed by atoms with van der Waals surface area (Å²) in [7, 11) is -3.32. The number of nitrogens with one attached hydrogen (secondary N) is 1. The standard InChI is InChI=1S/C29H26N2O5S/c1-18-3-6-21(28(33)30-23-8-9-23)14-26(18)20-7-12-25-27(13-20)22(17-32)16-31(29(25)34)15-19-4-10-24(11-5-19)37(2,35)36/h3-7,10-14,16-17,23H,8-9,15H2,1-2H3,(H,30,33). The quantitative estimate of drug-likeness (QED) is 0.374. The largest absolute Gasteiger partial charge is 0.349 e. The fraction of sp³-hybridized carbons (Fsp3) is 0.207. The highest BCUT2D eigenvalue weighted by Crippen LogP contribution is 2.29. The number of aromatic nitrogens is 1. The first kappa shape index (κ1) is 24.6. The van der Waals surface area contributed by atoms with Gasteiger partial charge in [-0.2, -0.15) is 0 Å². The molecule has 0 aliphatic heterocycles. The number of amides is 1. The molecule has 0 atom stereocenters. The van der Waals surface area contributed by atoms with Crippen molar-refractivity contribution in [1.82, 2.24) is 9.88 Å². The van der Waals surface area contributed by atoms with Gasteiger partial charge in [0.1, 0.15) is 0 Å². The topological polar surface area (TPSA) is 102 Å². The molecule has 5 rings (SSSR count). The number of carbonyl (C=O) groups excluding carboxylic acids is 2. The Balaban J connectivity index is 1.52. The van der Waals surface area contributed by atoms with E-state index in [-0.39, 0.29) is 28.9 Å². The van der Waals surface area contributed by atoms with Crippen molar-refractivity contribution in [2.24, 2.45) is 0 Å². The summed E-state index contributed by atoms with van der Waals surface area (Å²) >= 11 is 0. The zero-order valence-electron chi connectivity index (χ0n) is 20.5. The van der Waals surface area contributed by atoms with Gasteiger partial charge in [0.25, 0.3) is 11.5 Å². The van der Waals surface area contributed by atoms with Crippen molar-refractivity contribution in [2.45, 2.75) is 37.2 Å². The number of carbonyl (C=O) groups is 2. The fourth-order valence-electron chi connectivity index (χ4n) is 4.41. The van der Waals surface area contributed by atoms with Gasteiger partial charge in [0.05, 0.1) is 11.4 Å². The van der Waals surface area contributed by atoms with Crippen LogP contribution in [-0.2, 0) is 16.4 Å². The molecule has 1 fully saturated rings. The van der Waals surface area contributed by atoms with E-state index in [2.05, 4.69) is 5.32 Å². The van der Waals surface area contributed by atoms with Crippen molar-refractivity contribution in [3.63, 3.8) is 0 Å². The van der Waals surface area contributed by atoms with Crippen LogP contribution in [0.5, 0.6) is 0 Å². The van der Waals surface area contributed by atoms with E-state index in [4.69, 9.17) is 0 Å². The van der Waals surface area contributed by atoms with Crippen LogP contribution in [0.4, 0.5) is 0 Å². The lowest BCUT2D eigenvalue weighted by atomic mass is 9.95. The van der Waals surface area contributed by atoms with Gasteiger partial charge in [0, 0.05) is 35.0 Å². The van der Waals surface area contributed by atoms with Gasteiger partial charge in [0.2, 0.25) is 0 Å². The Bertz CT molecular complexity index is 1720. The minimum atomic E-state index is -3.32. The molecule has 0 unspecified atom stereocenters. The van der Waals surface area contributed by atoms with Crippen LogP contribution in [0, 0.1) is 6.92 Å². The summed E-state index contributed by atoms with van der Waals surface area (Å²) < 4.78 is 24.9. The summed E-state index contributed by atoms with van der Waals surface area (Å²) in [6.45, 7) is 2.15. The molecule has 1 N–H and O–H groups in total. The highest BCUT2D eigenvalue weighted by atomic mass is 32.2. The van der Waals surface area contributed by atoms with Crippen LogP contribution in [-0.4, -0.2) is 37.5 Å². The number of aldehydes is 1. The van der Waals surface area contributed by atoms with Gasteiger partial charge in [-0.15, -0.1) is 0 Å². The lowest BCUT2D eigenvalue weighted by Crippen LogP contribution is -2.25. The maximum Gasteiger partial charge on any atom is 0.258 e. The number of pyridine rings is 1. The third kappa shape index (κ3) is 5.11. The second-order valence-corrected chi connectivity index (χ2v) is 11.6. The third-order valence-corrected chi connectivity index (χ3v) is 7.80. The van der Waals surface area contributed by atoms with Crippen LogP contribution in [0.3, 0.4) is 0 Å². The van der Waals surface area contributed by atoms with E-state index in [9.17, 15) is 22.8 Å². The van der Waals surface area contributed by atoms with Crippen LogP contribution in [0.25, 0.3) is 21.9 Å². The van der Waals surface area contributed by atoms with Gasteiger partial charge in [0.15, 0.2) is 16.1 Å². The minimum Gasteiger partial charge on any atom is -0.349 e. The molecule has 8 heteroatoms. The van der Waals surface area contributed by atoms with Gasteiger partial charge >= 0.3 is 0 Å². The Morgan fingerprint density at radius 3 is 2.41 bits per heavy atom.